The van der Waals surface area contributed by atoms with Crippen molar-refractivity contribution in [2.75, 3.05) is 0 Å². The third-order valence-corrected chi connectivity index (χ3v) is 0. The standard InChI is InChI=1S/2CHNO.ClH/c2*2-1-3;/h2*3H;1H. The summed E-state index contributed by atoms with van der Waals surface area (Å²) in [5, 5.41) is 27.5. The first-order chi connectivity index (χ1) is 2.83. The van der Waals surface area contributed by atoms with Crippen LogP contribution in [0.15, 0.2) is 0 Å². The summed E-state index contributed by atoms with van der Waals surface area (Å²) in [5.41, 5.74) is 0. The van der Waals surface area contributed by atoms with E-state index in [9.17, 15) is 0 Å². The summed E-state index contributed by atoms with van der Waals surface area (Å²) >= 11 is 0. The summed E-state index contributed by atoms with van der Waals surface area (Å²) in [6.07, 6.45) is 1.50. The van der Waals surface area contributed by atoms with Crippen molar-refractivity contribution >= 4 is 12.4 Å². The molecule has 0 aliphatic carbocycles. The van der Waals surface area contributed by atoms with Crippen LogP contribution in [0.25, 0.3) is 0 Å². The number of nitriles is 2. The van der Waals surface area contributed by atoms with Crippen molar-refractivity contribution in [3.63, 3.8) is 0 Å². The Hall–Kier alpha value is -1.13. The van der Waals surface area contributed by atoms with E-state index in [-0.39, 0.29) is 12.4 Å². The molecule has 0 saturated heterocycles. The van der Waals surface area contributed by atoms with E-state index in [2.05, 4.69) is 0 Å². The van der Waals surface area contributed by atoms with Gasteiger partial charge in [-0.15, -0.1) is 12.4 Å². The van der Waals surface area contributed by atoms with Crippen LogP contribution >= 0.6 is 12.4 Å². The smallest absolute Gasteiger partial charge is 0.283 e. The van der Waals surface area contributed by atoms with E-state index in [0.717, 1.165) is 12.5 Å². The van der Waals surface area contributed by atoms with Crippen LogP contribution in [-0.4, -0.2) is 10.2 Å². The van der Waals surface area contributed by atoms with E-state index >= 15 is 0 Å². The number of halogens is 1. The van der Waals surface area contributed by atoms with Gasteiger partial charge in [-0.25, -0.2) is 0 Å². The molecule has 0 saturated carbocycles. The Balaban J connectivity index is -0.0000000400. The minimum absolute atomic E-state index is 0. The largest absolute Gasteiger partial charge is 0.443 e. The Morgan fingerprint density at radius 2 is 1.00 bits per heavy atom. The predicted octanol–water partition coefficient (Wildman–Crippen LogP) is 0.102. The molecule has 0 aliphatic heterocycles. The molecule has 7 heavy (non-hydrogen) atoms. The first-order valence-electron chi connectivity index (χ1n) is 0.894. The van der Waals surface area contributed by atoms with Gasteiger partial charge in [0.2, 0.25) is 0 Å². The molecule has 0 heterocycles. The molecule has 0 amide bonds. The molecule has 0 aromatic carbocycles. The maximum Gasteiger partial charge on any atom is 0.283 e. The lowest BCUT2D eigenvalue weighted by atomic mass is 11.6. The van der Waals surface area contributed by atoms with Gasteiger partial charge in [0, 0.05) is 0 Å². The van der Waals surface area contributed by atoms with Crippen molar-refractivity contribution in [2.24, 2.45) is 0 Å². The fourth-order valence-electron chi connectivity index (χ4n) is 0. The lowest BCUT2D eigenvalue weighted by Crippen LogP contribution is -1.27. The number of rotatable bonds is 0. The van der Waals surface area contributed by atoms with Gasteiger partial charge >= 0.3 is 0 Å². The molecule has 0 bridgehead atoms. The average molecular weight is 123 g/mol. The Bertz CT molecular complexity index is 68.7. The van der Waals surface area contributed by atoms with Crippen molar-refractivity contribution in [3.05, 3.63) is 0 Å². The maximum absolute atomic E-state index is 6.88. The van der Waals surface area contributed by atoms with Crippen LogP contribution in [-0.2, 0) is 0 Å². The highest BCUT2D eigenvalue weighted by molar-refractivity contribution is 5.85. The summed E-state index contributed by atoms with van der Waals surface area (Å²) < 4.78 is 0. The lowest BCUT2D eigenvalue weighted by Gasteiger charge is -1.25. The van der Waals surface area contributed by atoms with E-state index in [1.807, 2.05) is 0 Å². The molecule has 0 aromatic heterocycles. The molecular weight excluding hydrogens is 119 g/mol. The van der Waals surface area contributed by atoms with Crippen LogP contribution in [0.4, 0.5) is 0 Å². The highest BCUT2D eigenvalue weighted by Gasteiger charge is 1.16. The van der Waals surface area contributed by atoms with Gasteiger partial charge in [0.05, 0.1) is 0 Å². The molecule has 0 atom stereocenters. The SMILES string of the molecule is Cl.N#CO.N#CO. The third-order valence-electron chi connectivity index (χ3n) is 0. The topological polar surface area (TPSA) is 88.0 Å². The molecular formula is C2H3ClN2O2. The zero-order valence-corrected chi connectivity index (χ0v) is 4.01. The lowest BCUT2D eigenvalue weighted by molar-refractivity contribution is 0.502. The highest BCUT2D eigenvalue weighted by atomic mass is 35.5. The maximum atomic E-state index is 6.88. The zero-order chi connectivity index (χ0) is 5.41. The number of hydrogen-bond donors (Lipinski definition) is 2. The molecule has 2 N–H and O–H groups in total. The quantitative estimate of drug-likeness (QED) is 0.446. The molecule has 0 spiro atoms. The molecule has 40 valence electrons. The second-order valence-corrected chi connectivity index (χ2v) is 0.200. The number of nitrogens with zero attached hydrogens (tertiary/aromatic N) is 2. The van der Waals surface area contributed by atoms with Gasteiger partial charge in [0.25, 0.3) is 12.5 Å². The molecule has 0 unspecified atom stereocenters. The van der Waals surface area contributed by atoms with Gasteiger partial charge < -0.3 is 10.2 Å². The van der Waals surface area contributed by atoms with Gasteiger partial charge in [-0.05, 0) is 0 Å². The minimum atomic E-state index is 0. The van der Waals surface area contributed by atoms with Gasteiger partial charge in [0.15, 0.2) is 0 Å². The first-order valence-corrected chi connectivity index (χ1v) is 0.894. The summed E-state index contributed by atoms with van der Waals surface area (Å²) in [6.45, 7) is 0. The van der Waals surface area contributed by atoms with Crippen LogP contribution in [0.2, 0.25) is 0 Å². The van der Waals surface area contributed by atoms with Crippen molar-refractivity contribution in [1.82, 2.24) is 0 Å². The monoisotopic (exact) mass is 122 g/mol. The molecule has 5 heteroatoms. The number of hydrogen-bond acceptors (Lipinski definition) is 4. The fourth-order valence-corrected chi connectivity index (χ4v) is 0. The van der Waals surface area contributed by atoms with Crippen LogP contribution in [0.1, 0.15) is 0 Å². The predicted molar refractivity (Wildman–Crippen MR) is 22.3 cm³/mol. The fraction of sp³-hybridized carbons (Fsp3) is 0. The number of aliphatic hydroxyl groups excluding tert-OH is 2. The van der Waals surface area contributed by atoms with Gasteiger partial charge in [-0.1, -0.05) is 0 Å². The van der Waals surface area contributed by atoms with Gasteiger partial charge in [-0.2, -0.15) is 10.5 Å². The minimum Gasteiger partial charge on any atom is -0.443 e. The van der Waals surface area contributed by atoms with Crippen molar-refractivity contribution in [1.29, 1.82) is 10.5 Å². The van der Waals surface area contributed by atoms with Gasteiger partial charge in [0.1, 0.15) is 0 Å². The van der Waals surface area contributed by atoms with Crippen LogP contribution in [0.3, 0.4) is 0 Å². The molecule has 0 aromatic rings. The van der Waals surface area contributed by atoms with Crippen LogP contribution < -0.4 is 0 Å². The van der Waals surface area contributed by atoms with Crippen LogP contribution in [0.5, 0.6) is 0 Å². The van der Waals surface area contributed by atoms with E-state index in [1.54, 1.807) is 0 Å². The molecule has 0 aliphatic rings. The second kappa shape index (κ2) is 96.4. The normalized spacial score (nSPS) is 2.00. The highest BCUT2D eigenvalue weighted by Crippen LogP contribution is 1.06. The summed E-state index contributed by atoms with van der Waals surface area (Å²) in [6, 6.07) is 0. The van der Waals surface area contributed by atoms with E-state index in [0.29, 0.717) is 0 Å². The van der Waals surface area contributed by atoms with Gasteiger partial charge in [-0.3, -0.25) is 0 Å². The third kappa shape index (κ3) is 31.4. The molecule has 0 fully saturated rings. The Labute approximate surface area is 46.6 Å². The van der Waals surface area contributed by atoms with Crippen molar-refractivity contribution in [2.45, 2.75) is 0 Å². The second-order valence-electron chi connectivity index (χ2n) is 0.200. The van der Waals surface area contributed by atoms with Crippen LogP contribution in [0, 0.1) is 23.0 Å². The Morgan fingerprint density at radius 3 is 1.00 bits per heavy atom. The summed E-state index contributed by atoms with van der Waals surface area (Å²) in [5.74, 6) is 0. The molecule has 0 radical (unpaired) electrons. The number of aliphatic hydroxyl groups is 2. The molecule has 4 nitrogen and oxygen atoms in total. The average Bonchev–Trinajstić information content (AvgIpc) is 1.39. The first kappa shape index (κ1) is 16.9. The van der Waals surface area contributed by atoms with Crippen molar-refractivity contribution < 1.29 is 10.2 Å². The Morgan fingerprint density at radius 1 is 1.00 bits per heavy atom. The van der Waals surface area contributed by atoms with E-state index in [4.69, 9.17) is 20.7 Å². The molecule has 0 rings (SSSR count). The summed E-state index contributed by atoms with van der Waals surface area (Å²) in [7, 11) is 0. The Kier molecular flexibility index (Phi) is 233. The summed E-state index contributed by atoms with van der Waals surface area (Å²) in [4.78, 5) is 0. The van der Waals surface area contributed by atoms with Crippen molar-refractivity contribution in [3.8, 4) is 12.5 Å². The zero-order valence-electron chi connectivity index (χ0n) is 3.20. The van der Waals surface area contributed by atoms with E-state index < -0.39 is 0 Å². The van der Waals surface area contributed by atoms with E-state index in [1.165, 1.54) is 0 Å².